The summed E-state index contributed by atoms with van der Waals surface area (Å²) in [5.74, 6) is -0.584. The molecule has 0 saturated carbocycles. The molecule has 25 heavy (non-hydrogen) atoms. The third-order valence-corrected chi connectivity index (χ3v) is 4.88. The molecule has 2 aromatic heterocycles. The van der Waals surface area contributed by atoms with Crippen molar-refractivity contribution in [3.05, 3.63) is 83.9 Å². The summed E-state index contributed by atoms with van der Waals surface area (Å²) >= 11 is 13.4. The van der Waals surface area contributed by atoms with Gasteiger partial charge in [-0.05, 0) is 36.8 Å². The van der Waals surface area contributed by atoms with E-state index in [2.05, 4.69) is 9.98 Å². The second kappa shape index (κ2) is 7.39. The van der Waals surface area contributed by atoms with Gasteiger partial charge in [0.2, 0.25) is 0 Å². The highest BCUT2D eigenvalue weighted by molar-refractivity contribution is 7.07. The van der Waals surface area contributed by atoms with Crippen molar-refractivity contribution in [3.63, 3.8) is 0 Å². The molecule has 0 fully saturated rings. The van der Waals surface area contributed by atoms with Crippen molar-refractivity contribution in [2.75, 3.05) is 0 Å². The predicted molar refractivity (Wildman–Crippen MR) is 99.6 cm³/mol. The number of rotatable bonds is 3. The fraction of sp³-hybridized carbons (Fsp3) is 0.118. The highest BCUT2D eigenvalue weighted by atomic mass is 35.5. The first-order valence-electron chi connectivity index (χ1n) is 7.31. The average Bonchev–Trinajstić information content (AvgIpc) is 2.97. The Kier molecular flexibility index (Phi) is 5.22. The standard InChI is InChI=1S/C17H13Cl2N3O2S/c1-10-2-5-13(15(23)20-10)16(24)21-17-22(6-7-25-17)9-11-3-4-12(18)8-14(11)19/h2-8H,9H2,1H3,(H,20,23). The summed E-state index contributed by atoms with van der Waals surface area (Å²) in [5.41, 5.74) is 1.10. The smallest absolute Gasteiger partial charge is 0.285 e. The van der Waals surface area contributed by atoms with Crippen LogP contribution in [-0.2, 0) is 6.54 Å². The summed E-state index contributed by atoms with van der Waals surface area (Å²) in [5, 5.41) is 2.91. The van der Waals surface area contributed by atoms with Crippen molar-refractivity contribution in [3.8, 4) is 0 Å². The Bertz CT molecular complexity index is 1070. The fourth-order valence-electron chi connectivity index (χ4n) is 2.23. The Balaban J connectivity index is 1.94. The van der Waals surface area contributed by atoms with E-state index in [1.165, 1.54) is 17.4 Å². The number of H-pyrrole nitrogens is 1. The summed E-state index contributed by atoms with van der Waals surface area (Å²) in [4.78, 5) is 31.4. The summed E-state index contributed by atoms with van der Waals surface area (Å²) < 4.78 is 1.79. The average molecular weight is 394 g/mol. The Hall–Kier alpha value is -2.15. The maximum Gasteiger partial charge on any atom is 0.285 e. The number of benzene rings is 1. The molecule has 0 spiro atoms. The number of aryl methyl sites for hydroxylation is 1. The Morgan fingerprint density at radius 3 is 2.80 bits per heavy atom. The van der Waals surface area contributed by atoms with E-state index in [-0.39, 0.29) is 5.56 Å². The molecule has 8 heteroatoms. The molecule has 0 radical (unpaired) electrons. The van der Waals surface area contributed by atoms with Crippen LogP contribution >= 0.6 is 34.5 Å². The topological polar surface area (TPSA) is 67.2 Å². The molecule has 5 nitrogen and oxygen atoms in total. The number of carbonyl (C=O) groups excluding carboxylic acids is 1. The van der Waals surface area contributed by atoms with Gasteiger partial charge in [-0.25, -0.2) is 0 Å². The zero-order valence-electron chi connectivity index (χ0n) is 13.1. The largest absolute Gasteiger partial charge is 0.326 e. The number of halogens is 2. The molecular weight excluding hydrogens is 381 g/mol. The lowest BCUT2D eigenvalue weighted by molar-refractivity contribution is 0.0996. The van der Waals surface area contributed by atoms with E-state index < -0.39 is 11.5 Å². The Morgan fingerprint density at radius 2 is 2.08 bits per heavy atom. The summed E-state index contributed by atoms with van der Waals surface area (Å²) in [6.07, 6.45) is 1.81. The minimum absolute atomic E-state index is 0.00933. The van der Waals surface area contributed by atoms with Crippen LogP contribution in [0.2, 0.25) is 10.0 Å². The van der Waals surface area contributed by atoms with Gasteiger partial charge in [0.25, 0.3) is 11.5 Å². The first-order chi connectivity index (χ1) is 11.9. The maximum atomic E-state index is 12.3. The van der Waals surface area contributed by atoms with Crippen molar-refractivity contribution in [2.45, 2.75) is 13.5 Å². The normalized spacial score (nSPS) is 11.7. The number of pyridine rings is 1. The van der Waals surface area contributed by atoms with E-state index in [9.17, 15) is 9.59 Å². The zero-order valence-corrected chi connectivity index (χ0v) is 15.5. The quantitative estimate of drug-likeness (QED) is 0.737. The monoisotopic (exact) mass is 393 g/mol. The molecule has 1 N–H and O–H groups in total. The van der Waals surface area contributed by atoms with Crippen molar-refractivity contribution >= 4 is 40.4 Å². The van der Waals surface area contributed by atoms with Gasteiger partial charge >= 0.3 is 0 Å². The number of aromatic nitrogens is 2. The van der Waals surface area contributed by atoms with Crippen molar-refractivity contribution in [2.24, 2.45) is 4.99 Å². The molecule has 0 atom stereocenters. The van der Waals surface area contributed by atoms with Crippen molar-refractivity contribution in [1.82, 2.24) is 9.55 Å². The number of nitrogens with zero attached hydrogens (tertiary/aromatic N) is 2. The summed E-state index contributed by atoms with van der Waals surface area (Å²) in [6.45, 7) is 2.19. The zero-order chi connectivity index (χ0) is 18.0. The van der Waals surface area contributed by atoms with E-state index in [4.69, 9.17) is 23.2 Å². The van der Waals surface area contributed by atoms with Crippen LogP contribution in [0.3, 0.4) is 0 Å². The van der Waals surface area contributed by atoms with Gasteiger partial charge in [0, 0.05) is 27.3 Å². The Labute approximate surface area is 157 Å². The number of carbonyl (C=O) groups is 1. The number of hydrogen-bond donors (Lipinski definition) is 1. The van der Waals surface area contributed by atoms with Crippen LogP contribution in [-0.4, -0.2) is 15.5 Å². The number of nitrogens with one attached hydrogen (secondary N) is 1. The number of hydrogen-bond acceptors (Lipinski definition) is 3. The summed E-state index contributed by atoms with van der Waals surface area (Å²) in [7, 11) is 0. The van der Waals surface area contributed by atoms with Gasteiger partial charge < -0.3 is 9.55 Å². The molecule has 0 aliphatic carbocycles. The third-order valence-electron chi connectivity index (χ3n) is 3.50. The van der Waals surface area contributed by atoms with E-state index >= 15 is 0 Å². The van der Waals surface area contributed by atoms with Crippen LogP contribution in [0.15, 0.2) is 51.7 Å². The SMILES string of the molecule is Cc1ccc(C(=O)N=c2sccn2Cc2ccc(Cl)cc2Cl)c(=O)[nH]1. The van der Waals surface area contributed by atoms with E-state index in [0.717, 1.165) is 5.56 Å². The van der Waals surface area contributed by atoms with Crippen molar-refractivity contribution in [1.29, 1.82) is 0 Å². The molecular formula is C17H13Cl2N3O2S. The van der Waals surface area contributed by atoms with Gasteiger partial charge in [-0.2, -0.15) is 4.99 Å². The van der Waals surface area contributed by atoms with Gasteiger partial charge in [0.1, 0.15) is 5.56 Å². The van der Waals surface area contributed by atoms with E-state index in [1.54, 1.807) is 35.9 Å². The van der Waals surface area contributed by atoms with Crippen LogP contribution in [0.1, 0.15) is 21.6 Å². The van der Waals surface area contributed by atoms with Gasteiger partial charge in [-0.15, -0.1) is 11.3 Å². The first kappa shape index (κ1) is 17.7. The van der Waals surface area contributed by atoms with Crippen LogP contribution in [0.25, 0.3) is 0 Å². The minimum Gasteiger partial charge on any atom is -0.326 e. The predicted octanol–water partition coefficient (Wildman–Crippen LogP) is 3.64. The number of thiazole rings is 1. The Morgan fingerprint density at radius 1 is 1.28 bits per heavy atom. The van der Waals surface area contributed by atoms with Gasteiger partial charge in [-0.3, -0.25) is 9.59 Å². The lowest BCUT2D eigenvalue weighted by atomic mass is 10.2. The molecule has 0 saturated heterocycles. The first-order valence-corrected chi connectivity index (χ1v) is 8.94. The van der Waals surface area contributed by atoms with Crippen LogP contribution < -0.4 is 10.4 Å². The van der Waals surface area contributed by atoms with Gasteiger partial charge in [-0.1, -0.05) is 29.3 Å². The van der Waals surface area contributed by atoms with E-state index in [0.29, 0.717) is 27.1 Å². The third kappa shape index (κ3) is 4.10. The molecule has 0 bridgehead atoms. The molecule has 0 aliphatic heterocycles. The molecule has 128 valence electrons. The number of aromatic amines is 1. The molecule has 2 heterocycles. The molecule has 0 unspecified atom stereocenters. The molecule has 0 aliphatic rings. The second-order valence-corrected chi connectivity index (χ2v) is 7.07. The maximum absolute atomic E-state index is 12.3. The van der Waals surface area contributed by atoms with Crippen LogP contribution in [0, 0.1) is 6.92 Å². The number of amides is 1. The van der Waals surface area contributed by atoms with Crippen LogP contribution in [0.5, 0.6) is 0 Å². The molecule has 3 aromatic rings. The van der Waals surface area contributed by atoms with Crippen molar-refractivity contribution < 1.29 is 4.79 Å². The highest BCUT2D eigenvalue weighted by Gasteiger charge is 2.10. The highest BCUT2D eigenvalue weighted by Crippen LogP contribution is 2.21. The second-order valence-electron chi connectivity index (χ2n) is 5.35. The van der Waals surface area contributed by atoms with E-state index in [1.807, 2.05) is 11.4 Å². The molecule has 1 aromatic carbocycles. The molecule has 1 amide bonds. The minimum atomic E-state index is -0.584. The van der Waals surface area contributed by atoms with Gasteiger partial charge in [0.05, 0.1) is 6.54 Å². The summed E-state index contributed by atoms with van der Waals surface area (Å²) in [6, 6.07) is 8.39. The van der Waals surface area contributed by atoms with Crippen LogP contribution in [0.4, 0.5) is 0 Å². The van der Waals surface area contributed by atoms with Gasteiger partial charge in [0.15, 0.2) is 4.80 Å². The fourth-order valence-corrected chi connectivity index (χ4v) is 3.42. The lowest BCUT2D eigenvalue weighted by Gasteiger charge is -2.06. The molecule has 3 rings (SSSR count). The lowest BCUT2D eigenvalue weighted by Crippen LogP contribution is -2.21.